The summed E-state index contributed by atoms with van der Waals surface area (Å²) >= 11 is 0. The van der Waals surface area contributed by atoms with Gasteiger partial charge in [-0.05, 0) is 0 Å². The van der Waals surface area contributed by atoms with Gasteiger partial charge in [0.25, 0.3) is 0 Å². The smallest absolute Gasteiger partial charge is 0.476 e. The molecule has 0 radical (unpaired) electrons. The van der Waals surface area contributed by atoms with Gasteiger partial charge in [0.05, 0.1) is 0 Å². The van der Waals surface area contributed by atoms with Crippen LogP contribution in [0.5, 0.6) is 0 Å². The number of rotatable bonds is 1. The van der Waals surface area contributed by atoms with Gasteiger partial charge in [-0.25, -0.2) is 4.79 Å². The average molecular weight is 128 g/mol. The Morgan fingerprint density at radius 2 is 1.57 bits per heavy atom. The fraction of sp³-hybridized carbons (Fsp3) is 0.333. The number of carboxylic acids is 1. The van der Waals surface area contributed by atoms with Crippen molar-refractivity contribution in [2.75, 3.05) is 0 Å². The van der Waals surface area contributed by atoms with E-state index in [1.54, 1.807) is 0 Å². The van der Waals surface area contributed by atoms with E-state index in [9.17, 15) is 9.59 Å². The van der Waals surface area contributed by atoms with Crippen molar-refractivity contribution in [1.29, 1.82) is 0 Å². The Hall–Kier alpha value is 0.400. The Morgan fingerprint density at radius 1 is 1.43 bits per heavy atom. The van der Waals surface area contributed by atoms with E-state index in [4.69, 9.17) is 5.11 Å². The predicted molar refractivity (Wildman–Crippen MR) is 24.1 cm³/mol. The average Bonchev–Trinajstić information content (AvgIpc) is 1.36. The Bertz CT molecular complexity index is 76.2. The number of carbonyl (C=O) groups excluding carboxylic acids is 1. The van der Waals surface area contributed by atoms with Crippen LogP contribution in [-0.4, -0.2) is 54.6 Å². The minimum Gasteiger partial charge on any atom is -0.476 e. The van der Waals surface area contributed by atoms with E-state index >= 15 is 0 Å². The molecule has 0 aliphatic carbocycles. The van der Waals surface area contributed by atoms with Gasteiger partial charge in [0.1, 0.15) is 0 Å². The van der Waals surface area contributed by atoms with E-state index in [1.807, 2.05) is 0 Å². The van der Waals surface area contributed by atoms with Crippen LogP contribution in [0.2, 0.25) is 0 Å². The predicted octanol–water partition coefficient (Wildman–Crippen LogP) is -0.721. The van der Waals surface area contributed by atoms with Gasteiger partial charge in [0.2, 0.25) is 5.78 Å². The molecule has 0 aromatic carbocycles. The summed E-state index contributed by atoms with van der Waals surface area (Å²) in [5, 5.41) is 7.64. The van der Waals surface area contributed by atoms with Crippen LogP contribution in [-0.2, 0) is 9.59 Å². The van der Waals surface area contributed by atoms with Crippen LogP contribution >= 0.6 is 0 Å². The van der Waals surface area contributed by atoms with Crippen molar-refractivity contribution < 1.29 is 14.7 Å². The third-order valence-electron chi connectivity index (χ3n) is 0.301. The summed E-state index contributed by atoms with van der Waals surface area (Å²) in [6, 6.07) is 0. The van der Waals surface area contributed by atoms with Crippen LogP contribution < -0.4 is 0 Å². The molecule has 0 spiro atoms. The maximum atomic E-state index is 9.54. The van der Waals surface area contributed by atoms with Gasteiger partial charge in [0.15, 0.2) is 0 Å². The molecule has 0 aromatic rings. The first-order valence-corrected chi connectivity index (χ1v) is 1.38. The largest absolute Gasteiger partial charge is 2.00 e. The molecule has 0 amide bonds. The number of Topliss-reactive ketones (excluding diaryl/α,β-unsaturated/α-hetero) is 1. The van der Waals surface area contributed by atoms with Gasteiger partial charge >= 0.3 is 43.7 Å². The Morgan fingerprint density at radius 3 is 1.57 bits per heavy atom. The normalized spacial score (nSPS) is 6.43. The Labute approximate surface area is 70.7 Å². The molecular weight excluding hydrogens is 124 g/mol. The molecule has 0 atom stereocenters. The molecule has 34 valence electrons. The third kappa shape index (κ3) is 6.40. The van der Waals surface area contributed by atoms with Crippen molar-refractivity contribution in [3.8, 4) is 0 Å². The zero-order valence-corrected chi connectivity index (χ0v) is 6.18. The minimum absolute atomic E-state index is 0. The summed E-state index contributed by atoms with van der Waals surface area (Å²) in [6.07, 6.45) is 0. The molecule has 1 N–H and O–H groups in total. The van der Waals surface area contributed by atoms with Crippen molar-refractivity contribution in [3.63, 3.8) is 0 Å². The summed E-state index contributed by atoms with van der Waals surface area (Å²) < 4.78 is 0. The van der Waals surface area contributed by atoms with Crippen LogP contribution in [0.3, 0.4) is 0 Å². The van der Waals surface area contributed by atoms with E-state index in [1.165, 1.54) is 0 Å². The molecule has 7 heavy (non-hydrogen) atoms. The maximum Gasteiger partial charge on any atom is 2.00 e. The van der Waals surface area contributed by atoms with Crippen LogP contribution in [0.4, 0.5) is 0 Å². The van der Waals surface area contributed by atoms with Crippen molar-refractivity contribution in [2.24, 2.45) is 0 Å². The maximum absolute atomic E-state index is 9.54. The van der Waals surface area contributed by atoms with Gasteiger partial charge < -0.3 is 5.11 Å². The number of ketones is 1. The first-order valence-electron chi connectivity index (χ1n) is 1.38. The van der Waals surface area contributed by atoms with Crippen LogP contribution in [0.1, 0.15) is 6.92 Å². The van der Waals surface area contributed by atoms with E-state index in [-0.39, 0.29) is 37.7 Å². The molecule has 0 heterocycles. The van der Waals surface area contributed by atoms with Crippen molar-refractivity contribution >= 4 is 49.5 Å². The monoisotopic (exact) mass is 128 g/mol. The molecule has 0 saturated carbocycles. The molecule has 0 rings (SSSR count). The van der Waals surface area contributed by atoms with E-state index in [2.05, 4.69) is 0 Å². The summed E-state index contributed by atoms with van der Waals surface area (Å²) in [6.45, 7) is 1.00. The minimum atomic E-state index is -1.38. The zero-order chi connectivity index (χ0) is 5.15. The van der Waals surface area contributed by atoms with E-state index in [0.717, 1.165) is 6.92 Å². The summed E-state index contributed by atoms with van der Waals surface area (Å²) in [4.78, 5) is 18.9. The summed E-state index contributed by atoms with van der Waals surface area (Å²) in [5.74, 6) is -2.20. The van der Waals surface area contributed by atoms with Crippen LogP contribution in [0, 0.1) is 0 Å². The number of carbonyl (C=O) groups is 2. The molecule has 3 nitrogen and oxygen atoms in total. The topological polar surface area (TPSA) is 54.4 Å². The standard InChI is InChI=1S/C3H4O3.Ca/c1-2(4)3(5)6;/h1H3,(H,5,6);/q;+2. The van der Waals surface area contributed by atoms with Gasteiger partial charge in [-0.1, -0.05) is 0 Å². The molecule has 4 heteroatoms. The Balaban J connectivity index is 0. The quantitative estimate of drug-likeness (QED) is 0.374. The molecule has 0 aliphatic rings. The van der Waals surface area contributed by atoms with Gasteiger partial charge in [-0.2, -0.15) is 0 Å². The molecule has 0 fully saturated rings. The molecule has 0 unspecified atom stereocenters. The molecule has 0 saturated heterocycles. The number of hydrogen-bond acceptors (Lipinski definition) is 2. The molecule has 0 aliphatic heterocycles. The fourth-order valence-electron chi connectivity index (χ4n) is 0. The summed E-state index contributed by atoms with van der Waals surface area (Å²) in [7, 11) is 0. The zero-order valence-electron chi connectivity index (χ0n) is 3.97. The SMILES string of the molecule is CC(=O)C(=O)O.[Ca+2]. The second-order valence-corrected chi connectivity index (χ2v) is 0.861. The van der Waals surface area contributed by atoms with E-state index in [0.29, 0.717) is 0 Å². The number of carboxylic acid groups (broad SMARTS) is 1. The van der Waals surface area contributed by atoms with Gasteiger partial charge in [0, 0.05) is 6.92 Å². The second-order valence-electron chi connectivity index (χ2n) is 0.861. The number of hydrogen-bond donors (Lipinski definition) is 1. The van der Waals surface area contributed by atoms with Gasteiger partial charge in [-0.3, -0.25) is 4.79 Å². The van der Waals surface area contributed by atoms with Crippen LogP contribution in [0.25, 0.3) is 0 Å². The molecule has 0 bridgehead atoms. The first-order chi connectivity index (χ1) is 2.64. The van der Waals surface area contributed by atoms with Crippen molar-refractivity contribution in [2.45, 2.75) is 6.92 Å². The first kappa shape index (κ1) is 10.4. The van der Waals surface area contributed by atoms with Crippen molar-refractivity contribution in [3.05, 3.63) is 0 Å². The number of aliphatic carboxylic acids is 1. The summed E-state index contributed by atoms with van der Waals surface area (Å²) in [5.41, 5.74) is 0. The van der Waals surface area contributed by atoms with Gasteiger partial charge in [-0.15, -0.1) is 0 Å². The van der Waals surface area contributed by atoms with Crippen molar-refractivity contribution in [1.82, 2.24) is 0 Å². The molecular formula is C3H4CaO3+2. The molecule has 0 aromatic heterocycles. The fourth-order valence-corrected chi connectivity index (χ4v) is 0. The van der Waals surface area contributed by atoms with Crippen LogP contribution in [0.15, 0.2) is 0 Å². The Kier molecular flexibility index (Phi) is 6.77. The van der Waals surface area contributed by atoms with E-state index < -0.39 is 11.8 Å². The second kappa shape index (κ2) is 4.56. The third-order valence-corrected chi connectivity index (χ3v) is 0.301.